The maximum Gasteiger partial charge on any atom is 0.410 e. The summed E-state index contributed by atoms with van der Waals surface area (Å²) in [6.07, 6.45) is 1.53. The Morgan fingerprint density at radius 2 is 2.00 bits per heavy atom. The number of nitrogens with zero attached hydrogens (tertiary/aromatic N) is 1. The third-order valence-corrected chi connectivity index (χ3v) is 4.13. The molecule has 0 spiro atoms. The average Bonchev–Trinajstić information content (AvgIpc) is 2.36. The first-order chi connectivity index (χ1) is 8.52. The zero-order valence-electron chi connectivity index (χ0n) is 10.4. The molecule has 0 aromatic rings. The van der Waals surface area contributed by atoms with Gasteiger partial charge < -0.3 is 19.7 Å². The van der Waals surface area contributed by atoms with E-state index in [0.29, 0.717) is 25.8 Å². The van der Waals surface area contributed by atoms with Gasteiger partial charge in [-0.2, -0.15) is 0 Å². The van der Waals surface area contributed by atoms with E-state index in [0.717, 1.165) is 6.42 Å². The summed E-state index contributed by atoms with van der Waals surface area (Å²) in [6.45, 7) is 0.378. The molecule has 0 unspecified atom stereocenters. The highest BCUT2D eigenvalue weighted by atomic mass is 16.5. The summed E-state index contributed by atoms with van der Waals surface area (Å²) in [5.41, 5.74) is 0. The number of methoxy groups -OCH3 is 1. The fourth-order valence-corrected chi connectivity index (χ4v) is 3.17. The molecule has 2 aliphatic rings. The predicted molar refractivity (Wildman–Crippen MR) is 59.4 cm³/mol. The number of aliphatic carboxylic acids is 1. The van der Waals surface area contributed by atoms with Gasteiger partial charge in [0.2, 0.25) is 0 Å². The Morgan fingerprint density at radius 1 is 1.28 bits per heavy atom. The van der Waals surface area contributed by atoms with Gasteiger partial charge in [-0.25, -0.2) is 4.79 Å². The number of rotatable bonds is 1. The van der Waals surface area contributed by atoms with E-state index in [1.165, 1.54) is 12.0 Å². The normalized spacial score (nSPS) is 35.8. The van der Waals surface area contributed by atoms with Crippen LogP contribution in [-0.2, 0) is 9.53 Å². The van der Waals surface area contributed by atoms with Gasteiger partial charge in [0, 0.05) is 6.54 Å². The SMILES string of the molecule is COC(=O)N1C[C@@H]2CC[C@H](O)C[C@@H]2C[C@H]1C(=O)[O-]. The summed E-state index contributed by atoms with van der Waals surface area (Å²) in [6, 6.07) is -0.941. The van der Waals surface area contributed by atoms with Gasteiger partial charge in [0.25, 0.3) is 0 Å². The molecule has 102 valence electrons. The van der Waals surface area contributed by atoms with E-state index >= 15 is 0 Å². The quantitative estimate of drug-likeness (QED) is 0.673. The summed E-state index contributed by atoms with van der Waals surface area (Å²) in [4.78, 5) is 23.9. The number of carboxylic acid groups (broad SMARTS) is 1. The van der Waals surface area contributed by atoms with Gasteiger partial charge in [0.1, 0.15) is 0 Å². The molecule has 2 fully saturated rings. The van der Waals surface area contributed by atoms with Crippen molar-refractivity contribution >= 4 is 12.1 Å². The molecule has 0 bridgehead atoms. The zero-order chi connectivity index (χ0) is 13.3. The van der Waals surface area contributed by atoms with E-state index in [4.69, 9.17) is 0 Å². The third kappa shape index (κ3) is 2.43. The number of ether oxygens (including phenoxy) is 1. The standard InChI is InChI=1S/C12H19NO5/c1-18-12(17)13-6-7-2-3-9(14)4-8(7)5-10(13)11(15)16/h7-10,14H,2-6H2,1H3,(H,15,16)/p-1/t7-,8+,9-,10-/m0/s1. The molecule has 18 heavy (non-hydrogen) atoms. The molecule has 6 nitrogen and oxygen atoms in total. The number of carboxylic acids is 1. The monoisotopic (exact) mass is 256 g/mol. The molecule has 1 saturated carbocycles. The summed E-state index contributed by atoms with van der Waals surface area (Å²) >= 11 is 0. The number of carbonyl (C=O) groups is 2. The molecule has 4 atom stereocenters. The van der Waals surface area contributed by atoms with Crippen LogP contribution in [0.3, 0.4) is 0 Å². The highest BCUT2D eigenvalue weighted by Gasteiger charge is 2.41. The van der Waals surface area contributed by atoms with Crippen LogP contribution in [0.1, 0.15) is 25.7 Å². The highest BCUT2D eigenvalue weighted by molar-refractivity contribution is 5.79. The largest absolute Gasteiger partial charge is 0.548 e. The number of fused-ring (bicyclic) bond motifs is 1. The van der Waals surface area contributed by atoms with Crippen LogP contribution in [0.4, 0.5) is 4.79 Å². The smallest absolute Gasteiger partial charge is 0.410 e. The molecule has 6 heteroatoms. The maximum absolute atomic E-state index is 11.6. The molecular weight excluding hydrogens is 238 g/mol. The molecule has 0 aromatic heterocycles. The third-order valence-electron chi connectivity index (χ3n) is 4.13. The van der Waals surface area contributed by atoms with E-state index < -0.39 is 18.1 Å². The Hall–Kier alpha value is -1.30. The van der Waals surface area contributed by atoms with E-state index in [9.17, 15) is 19.8 Å². The number of piperidine rings is 1. The highest BCUT2D eigenvalue weighted by Crippen LogP contribution is 2.38. The number of carbonyl (C=O) groups excluding carboxylic acids is 2. The van der Waals surface area contributed by atoms with Crippen molar-refractivity contribution in [1.82, 2.24) is 4.90 Å². The summed E-state index contributed by atoms with van der Waals surface area (Å²) in [5.74, 6) is -0.848. The van der Waals surface area contributed by atoms with Gasteiger partial charge in [0.05, 0.1) is 25.2 Å². The molecule has 1 saturated heterocycles. The molecule has 1 aliphatic carbocycles. The number of hydrogen-bond acceptors (Lipinski definition) is 5. The van der Waals surface area contributed by atoms with Crippen LogP contribution in [0.25, 0.3) is 0 Å². The number of likely N-dealkylation sites (tertiary alicyclic amines) is 1. The molecule has 2 rings (SSSR count). The Labute approximate surface area is 106 Å². The van der Waals surface area contributed by atoms with Crippen LogP contribution in [0.15, 0.2) is 0 Å². The van der Waals surface area contributed by atoms with Crippen LogP contribution in [-0.4, -0.2) is 47.9 Å². The van der Waals surface area contributed by atoms with E-state index in [2.05, 4.69) is 4.74 Å². The minimum absolute atomic E-state index is 0.151. The van der Waals surface area contributed by atoms with E-state index in [-0.39, 0.29) is 17.9 Å². The lowest BCUT2D eigenvalue weighted by atomic mass is 9.72. The average molecular weight is 256 g/mol. The maximum atomic E-state index is 11.6. The van der Waals surface area contributed by atoms with Crippen LogP contribution >= 0.6 is 0 Å². The summed E-state index contributed by atoms with van der Waals surface area (Å²) in [5, 5.41) is 20.7. The molecule has 1 N–H and O–H groups in total. The molecule has 0 radical (unpaired) electrons. The second-order valence-electron chi connectivity index (χ2n) is 5.18. The Balaban J connectivity index is 2.13. The zero-order valence-corrected chi connectivity index (χ0v) is 10.4. The number of aliphatic hydroxyl groups excluding tert-OH is 1. The minimum atomic E-state index is -1.25. The lowest BCUT2D eigenvalue weighted by molar-refractivity contribution is -0.313. The first-order valence-electron chi connectivity index (χ1n) is 6.26. The molecule has 1 heterocycles. The van der Waals surface area contributed by atoms with Crippen LogP contribution in [0.2, 0.25) is 0 Å². The van der Waals surface area contributed by atoms with E-state index in [1.807, 2.05) is 0 Å². The lowest BCUT2D eigenvalue weighted by Gasteiger charge is -2.46. The van der Waals surface area contributed by atoms with Gasteiger partial charge in [-0.05, 0) is 37.5 Å². The fourth-order valence-electron chi connectivity index (χ4n) is 3.17. The van der Waals surface area contributed by atoms with Crippen molar-refractivity contribution in [2.75, 3.05) is 13.7 Å². The Kier molecular flexibility index (Phi) is 3.75. The van der Waals surface area contributed by atoms with Crippen LogP contribution in [0.5, 0.6) is 0 Å². The van der Waals surface area contributed by atoms with Crippen LogP contribution in [0, 0.1) is 11.8 Å². The van der Waals surface area contributed by atoms with Crippen molar-refractivity contribution in [3.8, 4) is 0 Å². The molecular formula is C12H18NO5-. The van der Waals surface area contributed by atoms with Gasteiger partial charge in [-0.1, -0.05) is 0 Å². The molecule has 1 amide bonds. The van der Waals surface area contributed by atoms with Gasteiger partial charge in [-0.15, -0.1) is 0 Å². The minimum Gasteiger partial charge on any atom is -0.548 e. The first-order valence-corrected chi connectivity index (χ1v) is 6.26. The van der Waals surface area contributed by atoms with Crippen molar-refractivity contribution in [1.29, 1.82) is 0 Å². The second kappa shape index (κ2) is 5.14. The number of amides is 1. The molecule has 1 aliphatic heterocycles. The molecule has 0 aromatic carbocycles. The fraction of sp³-hybridized carbons (Fsp3) is 0.833. The number of aliphatic hydroxyl groups is 1. The lowest BCUT2D eigenvalue weighted by Crippen LogP contribution is -2.58. The van der Waals surface area contributed by atoms with Gasteiger partial charge in [0.15, 0.2) is 0 Å². The van der Waals surface area contributed by atoms with Crippen molar-refractivity contribution in [3.63, 3.8) is 0 Å². The second-order valence-corrected chi connectivity index (χ2v) is 5.18. The van der Waals surface area contributed by atoms with Crippen LogP contribution < -0.4 is 5.11 Å². The van der Waals surface area contributed by atoms with Gasteiger partial charge >= 0.3 is 6.09 Å². The van der Waals surface area contributed by atoms with Gasteiger partial charge in [-0.3, -0.25) is 4.90 Å². The van der Waals surface area contributed by atoms with E-state index in [1.54, 1.807) is 0 Å². The van der Waals surface area contributed by atoms with Crippen molar-refractivity contribution in [3.05, 3.63) is 0 Å². The topological polar surface area (TPSA) is 89.9 Å². The van der Waals surface area contributed by atoms with Crippen molar-refractivity contribution in [2.45, 2.75) is 37.8 Å². The first kappa shape index (κ1) is 13.1. The summed E-state index contributed by atoms with van der Waals surface area (Å²) < 4.78 is 4.62. The van der Waals surface area contributed by atoms with Crippen molar-refractivity contribution in [2.24, 2.45) is 11.8 Å². The van der Waals surface area contributed by atoms with Crippen molar-refractivity contribution < 1.29 is 24.5 Å². The summed E-state index contributed by atoms with van der Waals surface area (Å²) in [7, 11) is 1.24. The number of hydrogen-bond donors (Lipinski definition) is 1. The Morgan fingerprint density at radius 3 is 2.61 bits per heavy atom. The Bertz CT molecular complexity index is 345. The predicted octanol–water partition coefficient (Wildman–Crippen LogP) is -0.646.